The van der Waals surface area contributed by atoms with Crippen molar-refractivity contribution < 1.29 is 8.42 Å². The second kappa shape index (κ2) is 5.47. The number of hydrogen-bond acceptors (Lipinski definition) is 3. The number of sulfonamides is 1. The van der Waals surface area contributed by atoms with Crippen LogP contribution in [-0.4, -0.2) is 33.3 Å². The van der Waals surface area contributed by atoms with Gasteiger partial charge in [-0.05, 0) is 50.1 Å². The van der Waals surface area contributed by atoms with Gasteiger partial charge in [-0.2, -0.15) is 0 Å². The third-order valence-electron chi connectivity index (χ3n) is 4.43. The number of nitrogens with one attached hydrogen (secondary N) is 2. The number of hydrogen-bond donors (Lipinski definition) is 2. The van der Waals surface area contributed by atoms with Crippen molar-refractivity contribution in [3.05, 3.63) is 0 Å². The zero-order valence-corrected chi connectivity index (χ0v) is 12.4. The molecule has 1 aliphatic carbocycles. The van der Waals surface area contributed by atoms with E-state index in [1.165, 1.54) is 0 Å². The predicted molar refractivity (Wildman–Crippen MR) is 73.9 cm³/mol. The van der Waals surface area contributed by atoms with Gasteiger partial charge in [0, 0.05) is 6.04 Å². The molecule has 2 aliphatic rings. The molecule has 0 spiro atoms. The molecule has 1 saturated heterocycles. The van der Waals surface area contributed by atoms with E-state index in [2.05, 4.69) is 23.9 Å². The fourth-order valence-electron chi connectivity index (χ4n) is 3.19. The Balaban J connectivity index is 1.90. The maximum Gasteiger partial charge on any atom is 0.212 e. The average Bonchev–Trinajstić information content (AvgIpc) is 2.58. The van der Waals surface area contributed by atoms with Crippen LogP contribution >= 0.6 is 0 Å². The molecule has 5 heteroatoms. The van der Waals surface area contributed by atoms with Crippen LogP contribution < -0.4 is 10.0 Å². The Morgan fingerprint density at radius 3 is 2.61 bits per heavy atom. The molecule has 0 amide bonds. The van der Waals surface area contributed by atoms with Crippen LogP contribution in [0.25, 0.3) is 0 Å². The molecule has 0 bridgehead atoms. The molecule has 2 fully saturated rings. The zero-order valence-electron chi connectivity index (χ0n) is 11.5. The Labute approximate surface area is 111 Å². The van der Waals surface area contributed by atoms with Gasteiger partial charge >= 0.3 is 0 Å². The van der Waals surface area contributed by atoms with Gasteiger partial charge in [0.2, 0.25) is 10.0 Å². The summed E-state index contributed by atoms with van der Waals surface area (Å²) in [6.45, 7) is 6.19. The van der Waals surface area contributed by atoms with E-state index in [1.54, 1.807) is 0 Å². The molecular formula is C13H26N2O2S. The molecule has 0 aromatic carbocycles. The molecule has 2 unspecified atom stereocenters. The van der Waals surface area contributed by atoms with Crippen molar-refractivity contribution >= 4 is 10.0 Å². The monoisotopic (exact) mass is 274 g/mol. The van der Waals surface area contributed by atoms with Gasteiger partial charge in [-0.1, -0.05) is 20.3 Å². The highest BCUT2D eigenvalue weighted by atomic mass is 32.2. The van der Waals surface area contributed by atoms with E-state index >= 15 is 0 Å². The molecule has 0 radical (unpaired) electrons. The van der Waals surface area contributed by atoms with Gasteiger partial charge in [0.1, 0.15) is 0 Å². The maximum atomic E-state index is 12.2. The summed E-state index contributed by atoms with van der Waals surface area (Å²) in [6, 6.07) is 0.124. The van der Waals surface area contributed by atoms with Crippen LogP contribution in [-0.2, 0) is 10.0 Å². The molecule has 18 heavy (non-hydrogen) atoms. The summed E-state index contributed by atoms with van der Waals surface area (Å²) >= 11 is 0. The van der Waals surface area contributed by atoms with Gasteiger partial charge in [-0.25, -0.2) is 13.1 Å². The Morgan fingerprint density at radius 1 is 1.28 bits per heavy atom. The first-order valence-corrected chi connectivity index (χ1v) is 8.75. The molecule has 0 aromatic heterocycles. The van der Waals surface area contributed by atoms with E-state index in [0.29, 0.717) is 0 Å². The van der Waals surface area contributed by atoms with Crippen molar-refractivity contribution in [2.75, 3.05) is 18.8 Å². The summed E-state index contributed by atoms with van der Waals surface area (Å²) in [6.07, 6.45) is 5.35. The summed E-state index contributed by atoms with van der Waals surface area (Å²) in [5, 5.41) is 3.28. The Kier molecular flexibility index (Phi) is 4.34. The zero-order chi connectivity index (χ0) is 13.2. The Bertz CT molecular complexity index is 372. The Morgan fingerprint density at radius 2 is 2.06 bits per heavy atom. The van der Waals surface area contributed by atoms with Crippen molar-refractivity contribution in [1.29, 1.82) is 0 Å². The minimum Gasteiger partial charge on any atom is -0.316 e. The van der Waals surface area contributed by atoms with Crippen molar-refractivity contribution in [1.82, 2.24) is 10.0 Å². The number of piperidine rings is 1. The van der Waals surface area contributed by atoms with Crippen LogP contribution in [0.4, 0.5) is 0 Å². The van der Waals surface area contributed by atoms with Gasteiger partial charge in [-0.3, -0.25) is 0 Å². The van der Waals surface area contributed by atoms with E-state index in [-0.39, 0.29) is 23.1 Å². The lowest BCUT2D eigenvalue weighted by Gasteiger charge is -2.29. The van der Waals surface area contributed by atoms with Gasteiger partial charge in [0.15, 0.2) is 0 Å². The lowest BCUT2D eigenvalue weighted by Crippen LogP contribution is -2.45. The quantitative estimate of drug-likeness (QED) is 0.816. The Hall–Kier alpha value is -0.130. The third kappa shape index (κ3) is 3.68. The summed E-state index contributed by atoms with van der Waals surface area (Å²) < 4.78 is 27.3. The molecule has 2 N–H and O–H groups in total. The van der Waals surface area contributed by atoms with E-state index in [1.807, 2.05) is 0 Å². The van der Waals surface area contributed by atoms with Crippen LogP contribution in [0, 0.1) is 11.3 Å². The van der Waals surface area contributed by atoms with E-state index < -0.39 is 10.0 Å². The first-order chi connectivity index (χ1) is 8.39. The predicted octanol–water partition coefficient (Wildman–Crippen LogP) is 1.48. The summed E-state index contributed by atoms with van der Waals surface area (Å²) in [5.41, 5.74) is 0.109. The van der Waals surface area contributed by atoms with Gasteiger partial charge in [-0.15, -0.1) is 0 Å². The summed E-state index contributed by atoms with van der Waals surface area (Å²) in [4.78, 5) is 0. The molecule has 106 valence electrons. The minimum atomic E-state index is -3.13. The molecule has 4 nitrogen and oxygen atoms in total. The summed E-state index contributed by atoms with van der Waals surface area (Å²) in [7, 11) is -3.13. The van der Waals surface area contributed by atoms with Gasteiger partial charge in [0.25, 0.3) is 0 Å². The van der Waals surface area contributed by atoms with E-state index in [0.717, 1.165) is 45.2 Å². The molecule has 2 atom stereocenters. The highest BCUT2D eigenvalue weighted by molar-refractivity contribution is 7.89. The largest absolute Gasteiger partial charge is 0.316 e. The highest BCUT2D eigenvalue weighted by Crippen LogP contribution is 2.37. The van der Waals surface area contributed by atoms with Crippen LogP contribution in [0.15, 0.2) is 0 Å². The van der Waals surface area contributed by atoms with Crippen molar-refractivity contribution in [3.63, 3.8) is 0 Å². The fraction of sp³-hybridized carbons (Fsp3) is 1.00. The first-order valence-electron chi connectivity index (χ1n) is 7.10. The second-order valence-corrected chi connectivity index (χ2v) is 8.34. The van der Waals surface area contributed by atoms with Gasteiger partial charge in [0.05, 0.1) is 5.75 Å². The second-order valence-electron chi connectivity index (χ2n) is 6.55. The average molecular weight is 274 g/mol. The molecular weight excluding hydrogens is 248 g/mol. The minimum absolute atomic E-state index is 0.109. The van der Waals surface area contributed by atoms with E-state index in [4.69, 9.17) is 0 Å². The molecule has 2 rings (SSSR count). The van der Waals surface area contributed by atoms with Crippen molar-refractivity contribution in [2.45, 2.75) is 52.0 Å². The standard InChI is InChI=1S/C13H26N2O2S/c1-13(2)7-3-6-12(13)15-18(16,17)10-11-5-4-8-14-9-11/h11-12,14-15H,3-10H2,1-2H3. The molecule has 1 saturated carbocycles. The van der Waals surface area contributed by atoms with Gasteiger partial charge < -0.3 is 5.32 Å². The SMILES string of the molecule is CC1(C)CCCC1NS(=O)(=O)CC1CCCNC1. The van der Waals surface area contributed by atoms with Crippen LogP contribution in [0.2, 0.25) is 0 Å². The molecule has 1 aliphatic heterocycles. The van der Waals surface area contributed by atoms with E-state index in [9.17, 15) is 8.42 Å². The first kappa shape index (κ1) is 14.3. The lowest BCUT2D eigenvalue weighted by atomic mass is 9.88. The van der Waals surface area contributed by atoms with Crippen molar-refractivity contribution in [2.24, 2.45) is 11.3 Å². The fourth-order valence-corrected chi connectivity index (χ4v) is 5.06. The smallest absolute Gasteiger partial charge is 0.212 e. The molecule has 0 aromatic rings. The maximum absolute atomic E-state index is 12.2. The summed E-state index contributed by atoms with van der Waals surface area (Å²) in [5.74, 6) is 0.563. The van der Waals surface area contributed by atoms with Crippen LogP contribution in [0.5, 0.6) is 0 Å². The highest BCUT2D eigenvalue weighted by Gasteiger charge is 2.37. The van der Waals surface area contributed by atoms with Crippen LogP contribution in [0.3, 0.4) is 0 Å². The van der Waals surface area contributed by atoms with Crippen LogP contribution in [0.1, 0.15) is 46.0 Å². The normalized spacial score (nSPS) is 32.6. The third-order valence-corrected chi connectivity index (χ3v) is 5.99. The number of rotatable bonds is 4. The molecule has 1 heterocycles. The lowest BCUT2D eigenvalue weighted by molar-refractivity contribution is 0.311. The topological polar surface area (TPSA) is 58.2 Å². The van der Waals surface area contributed by atoms with Crippen molar-refractivity contribution in [3.8, 4) is 0 Å².